The van der Waals surface area contributed by atoms with E-state index in [-0.39, 0.29) is 24.2 Å². The molecule has 0 bridgehead atoms. The molecule has 0 aliphatic heterocycles. The van der Waals surface area contributed by atoms with Crippen molar-refractivity contribution < 1.29 is 14.0 Å². The minimum Gasteiger partial charge on any atom is -0.354 e. The van der Waals surface area contributed by atoms with E-state index in [0.717, 1.165) is 30.5 Å². The third-order valence-electron chi connectivity index (χ3n) is 5.04. The van der Waals surface area contributed by atoms with E-state index in [1.807, 2.05) is 6.07 Å². The average molecular weight is 455 g/mol. The summed E-state index contributed by atoms with van der Waals surface area (Å²) in [5.74, 6) is -0.399. The van der Waals surface area contributed by atoms with Crippen LogP contribution in [0.15, 0.2) is 36.7 Å². The molecule has 3 rings (SSSR count). The number of aryl methyl sites for hydroxylation is 2. The molecule has 0 aliphatic rings. The van der Waals surface area contributed by atoms with Crippen LogP contribution in [0.25, 0.3) is 0 Å². The molecule has 2 amide bonds. The molecule has 11 heteroatoms. The van der Waals surface area contributed by atoms with E-state index in [1.165, 1.54) is 0 Å². The van der Waals surface area contributed by atoms with Crippen LogP contribution < -0.4 is 10.6 Å². The number of carbonyl (C=O) groups is 2. The second-order valence-electron chi connectivity index (χ2n) is 7.67. The lowest BCUT2D eigenvalue weighted by molar-refractivity contribution is -0.115. The number of hydrogen-bond donors (Lipinski definition) is 2. The molecule has 2 N–H and O–H groups in total. The summed E-state index contributed by atoms with van der Waals surface area (Å²) in [5.41, 5.74) is 2.49. The molecule has 1 atom stereocenters. The number of pyridine rings is 1. The number of rotatable bonds is 11. The maximum Gasteiger partial charge on any atom is 0.273 e. The van der Waals surface area contributed by atoms with Gasteiger partial charge < -0.3 is 10.6 Å². The van der Waals surface area contributed by atoms with Gasteiger partial charge in [-0.2, -0.15) is 5.10 Å². The first-order valence-electron chi connectivity index (χ1n) is 10.7. The van der Waals surface area contributed by atoms with Crippen LogP contribution in [0.3, 0.4) is 0 Å². The van der Waals surface area contributed by atoms with Crippen molar-refractivity contribution in [3.8, 4) is 0 Å². The van der Waals surface area contributed by atoms with Crippen molar-refractivity contribution in [2.75, 3.05) is 19.0 Å². The highest BCUT2D eigenvalue weighted by Gasteiger charge is 2.11. The smallest absolute Gasteiger partial charge is 0.273 e. The first kappa shape index (κ1) is 23.9. The van der Waals surface area contributed by atoms with E-state index in [2.05, 4.69) is 36.1 Å². The zero-order chi connectivity index (χ0) is 23.6. The Morgan fingerprint density at radius 2 is 1.97 bits per heavy atom. The molecule has 0 radical (unpaired) electrons. The van der Waals surface area contributed by atoms with E-state index in [4.69, 9.17) is 0 Å². The lowest BCUT2D eigenvalue weighted by Gasteiger charge is -2.09. The summed E-state index contributed by atoms with van der Waals surface area (Å²) in [4.78, 5) is 28.0. The molecule has 0 aliphatic carbocycles. The van der Waals surface area contributed by atoms with Crippen LogP contribution in [0.5, 0.6) is 0 Å². The van der Waals surface area contributed by atoms with E-state index in [1.54, 1.807) is 49.2 Å². The summed E-state index contributed by atoms with van der Waals surface area (Å²) in [6.07, 6.45) is 5.69. The summed E-state index contributed by atoms with van der Waals surface area (Å²) in [5, 5.41) is 21.2. The van der Waals surface area contributed by atoms with Crippen molar-refractivity contribution in [2.24, 2.45) is 0 Å². The van der Waals surface area contributed by atoms with Crippen molar-refractivity contribution in [3.05, 3.63) is 59.3 Å². The quantitative estimate of drug-likeness (QED) is 0.425. The minimum absolute atomic E-state index is 0.0696. The van der Waals surface area contributed by atoms with Crippen LogP contribution in [-0.4, -0.2) is 55.7 Å². The number of carbonyl (C=O) groups excluding carboxylic acids is 2. The van der Waals surface area contributed by atoms with Crippen molar-refractivity contribution in [1.82, 2.24) is 35.5 Å². The fourth-order valence-electron chi connectivity index (χ4n) is 3.12. The van der Waals surface area contributed by atoms with Crippen molar-refractivity contribution in [1.29, 1.82) is 0 Å². The number of alkyl halides is 1. The van der Waals surface area contributed by atoms with Crippen molar-refractivity contribution in [3.63, 3.8) is 0 Å². The Hall–Kier alpha value is -3.76. The SMILES string of the molecule is CNC(=O)c1cn(CCCCc2ccc(NC(=O)Cc3cc(C(C)CF)ccn3)nn2)nn1. The standard InChI is InChI=1S/C22H27FN8O2/c1-15(13-23)16-8-9-25-18(11-16)12-21(32)26-20-7-6-17(27-29-20)5-3-4-10-31-14-19(28-30-31)22(33)24-2/h6-9,11,14-15H,3-5,10,12-13H2,1-2H3,(H,24,33)(H,26,29,32). The zero-order valence-electron chi connectivity index (χ0n) is 18.7. The van der Waals surface area contributed by atoms with Gasteiger partial charge in [0.05, 0.1) is 25.0 Å². The van der Waals surface area contributed by atoms with Crippen LogP contribution in [0.2, 0.25) is 0 Å². The summed E-state index contributed by atoms with van der Waals surface area (Å²) in [6.45, 7) is 1.97. The predicted octanol–water partition coefficient (Wildman–Crippen LogP) is 2.10. The highest BCUT2D eigenvalue weighted by molar-refractivity contribution is 5.91. The third-order valence-corrected chi connectivity index (χ3v) is 5.04. The number of aromatic nitrogens is 6. The highest BCUT2D eigenvalue weighted by Crippen LogP contribution is 2.16. The van der Waals surface area contributed by atoms with Gasteiger partial charge in [0.1, 0.15) is 0 Å². The van der Waals surface area contributed by atoms with Gasteiger partial charge in [0.25, 0.3) is 5.91 Å². The summed E-state index contributed by atoms with van der Waals surface area (Å²) in [6, 6.07) is 7.03. The van der Waals surface area contributed by atoms with Gasteiger partial charge in [0, 0.05) is 31.4 Å². The van der Waals surface area contributed by atoms with E-state index >= 15 is 0 Å². The Balaban J connectivity index is 1.42. The normalized spacial score (nSPS) is 11.7. The molecule has 1 unspecified atom stereocenters. The number of halogens is 1. The maximum absolute atomic E-state index is 12.9. The molecular weight excluding hydrogens is 427 g/mol. The Kier molecular flexibility index (Phi) is 8.50. The van der Waals surface area contributed by atoms with Gasteiger partial charge in [-0.05, 0) is 49.1 Å². The number of hydrogen-bond acceptors (Lipinski definition) is 7. The summed E-state index contributed by atoms with van der Waals surface area (Å²) < 4.78 is 14.5. The average Bonchev–Trinajstić information content (AvgIpc) is 3.31. The first-order valence-corrected chi connectivity index (χ1v) is 10.7. The van der Waals surface area contributed by atoms with Crippen LogP contribution >= 0.6 is 0 Å². The van der Waals surface area contributed by atoms with Gasteiger partial charge in [-0.25, -0.2) is 0 Å². The molecular formula is C22H27FN8O2. The van der Waals surface area contributed by atoms with Crippen LogP contribution in [0.1, 0.15) is 53.1 Å². The van der Waals surface area contributed by atoms with Crippen LogP contribution in [0, 0.1) is 0 Å². The molecule has 0 aromatic carbocycles. The second-order valence-corrected chi connectivity index (χ2v) is 7.67. The molecule has 3 aromatic heterocycles. The molecule has 10 nitrogen and oxygen atoms in total. The van der Waals surface area contributed by atoms with E-state index in [0.29, 0.717) is 23.8 Å². The first-order chi connectivity index (χ1) is 16.0. The number of unbranched alkanes of at least 4 members (excludes halogenated alkanes) is 1. The molecule has 0 saturated carbocycles. The lowest BCUT2D eigenvalue weighted by Crippen LogP contribution is -2.18. The minimum atomic E-state index is -0.462. The Morgan fingerprint density at radius 1 is 1.12 bits per heavy atom. The van der Waals surface area contributed by atoms with Crippen LogP contribution in [-0.2, 0) is 24.2 Å². The monoisotopic (exact) mass is 454 g/mol. The fraction of sp³-hybridized carbons (Fsp3) is 0.409. The van der Waals surface area contributed by atoms with E-state index in [9.17, 15) is 14.0 Å². The number of nitrogens with zero attached hydrogens (tertiary/aromatic N) is 6. The Bertz CT molecular complexity index is 1070. The van der Waals surface area contributed by atoms with Crippen molar-refractivity contribution in [2.45, 2.75) is 45.1 Å². The fourth-order valence-corrected chi connectivity index (χ4v) is 3.12. The highest BCUT2D eigenvalue weighted by atomic mass is 19.1. The Morgan fingerprint density at radius 3 is 2.70 bits per heavy atom. The number of nitrogens with one attached hydrogen (secondary N) is 2. The molecule has 0 saturated heterocycles. The molecule has 0 fully saturated rings. The molecule has 174 valence electrons. The number of amides is 2. The molecule has 0 spiro atoms. The van der Waals surface area contributed by atoms with Gasteiger partial charge in [-0.15, -0.1) is 10.2 Å². The molecule has 3 heterocycles. The molecule has 3 aromatic rings. The largest absolute Gasteiger partial charge is 0.354 e. The number of anilines is 1. The van der Waals surface area contributed by atoms with Crippen LogP contribution in [0.4, 0.5) is 10.2 Å². The zero-order valence-corrected chi connectivity index (χ0v) is 18.7. The van der Waals surface area contributed by atoms with Gasteiger partial charge in [0.2, 0.25) is 5.91 Å². The third kappa shape index (κ3) is 7.13. The van der Waals surface area contributed by atoms with Gasteiger partial charge in [-0.3, -0.25) is 23.6 Å². The second kappa shape index (κ2) is 11.7. The van der Waals surface area contributed by atoms with Crippen molar-refractivity contribution >= 4 is 17.6 Å². The maximum atomic E-state index is 12.9. The predicted molar refractivity (Wildman–Crippen MR) is 119 cm³/mol. The topological polar surface area (TPSA) is 128 Å². The summed E-state index contributed by atoms with van der Waals surface area (Å²) in [7, 11) is 1.55. The van der Waals surface area contributed by atoms with Gasteiger partial charge in [0.15, 0.2) is 11.5 Å². The Labute approximate surface area is 191 Å². The summed E-state index contributed by atoms with van der Waals surface area (Å²) >= 11 is 0. The van der Waals surface area contributed by atoms with Gasteiger partial charge >= 0.3 is 0 Å². The van der Waals surface area contributed by atoms with E-state index < -0.39 is 6.67 Å². The lowest BCUT2D eigenvalue weighted by atomic mass is 10.0. The molecule has 33 heavy (non-hydrogen) atoms. The van der Waals surface area contributed by atoms with Gasteiger partial charge in [-0.1, -0.05) is 12.1 Å².